The molecule has 0 saturated carbocycles. The van der Waals surface area contributed by atoms with Crippen LogP contribution in [0.4, 0.5) is 5.69 Å². The second-order valence-electron chi connectivity index (χ2n) is 3.85. The molecule has 0 radical (unpaired) electrons. The van der Waals surface area contributed by atoms with Crippen LogP contribution in [0.2, 0.25) is 10.0 Å². The first kappa shape index (κ1) is 11.3. The maximum absolute atomic E-state index is 11.8. The average molecular weight is 280 g/mol. The van der Waals surface area contributed by atoms with Crippen molar-refractivity contribution in [2.24, 2.45) is 5.18 Å². The Bertz CT molecular complexity index is 768. The largest absolute Gasteiger partial charge is 0.285 e. The molecule has 0 amide bonds. The van der Waals surface area contributed by atoms with Gasteiger partial charge in [0.1, 0.15) is 5.69 Å². The summed E-state index contributed by atoms with van der Waals surface area (Å²) in [6.45, 7) is 0. The van der Waals surface area contributed by atoms with Crippen LogP contribution in [0.1, 0.15) is 20.7 Å². The Balaban J connectivity index is 2.64. The van der Waals surface area contributed by atoms with E-state index in [0.717, 1.165) is 0 Å². The molecule has 0 atom stereocenters. The van der Waals surface area contributed by atoms with E-state index in [1.807, 2.05) is 0 Å². The van der Waals surface area contributed by atoms with E-state index in [2.05, 4.69) is 5.18 Å². The first-order valence-electron chi connectivity index (χ1n) is 4.93. The van der Waals surface area contributed by atoms with Gasteiger partial charge in [0, 0.05) is 21.9 Å². The van der Waals surface area contributed by atoms with Gasteiger partial charge in [-0.2, -0.15) is 0 Å². The van der Waals surface area contributed by atoms with Crippen LogP contribution in [0.5, 0.6) is 0 Å². The summed E-state index contributed by atoms with van der Waals surface area (Å²) in [4.78, 5) is 34.2. The molecule has 2 aromatic rings. The summed E-state index contributed by atoms with van der Waals surface area (Å²) in [5, 5.41) is 3.79. The van der Waals surface area contributed by atoms with Gasteiger partial charge in [-0.25, -0.2) is 0 Å². The van der Waals surface area contributed by atoms with E-state index in [1.54, 1.807) is 0 Å². The van der Waals surface area contributed by atoms with E-state index >= 15 is 0 Å². The lowest BCUT2D eigenvalue weighted by molar-refractivity contribution is 0.0825. The van der Waals surface area contributed by atoms with Gasteiger partial charge in [-0.15, -0.1) is 4.91 Å². The number of hydrogen-bond acceptors (Lipinski definition) is 4. The van der Waals surface area contributed by atoms with E-state index in [-0.39, 0.29) is 26.9 Å². The average Bonchev–Trinajstić information content (AvgIpc) is 2.60. The zero-order valence-electron chi connectivity index (χ0n) is 8.66. The van der Waals surface area contributed by atoms with Crippen LogP contribution in [-0.2, 0) is 0 Å². The number of hydrogen-bond donors (Lipinski definition) is 0. The number of carbonyl (C=O) groups excluding carboxylic acids is 2. The molecule has 0 unspecified atom stereocenters. The van der Waals surface area contributed by atoms with Crippen molar-refractivity contribution >= 4 is 51.2 Å². The molecule has 0 spiro atoms. The van der Waals surface area contributed by atoms with Crippen molar-refractivity contribution in [2.75, 3.05) is 0 Å². The van der Waals surface area contributed by atoms with Gasteiger partial charge in [0.25, 0.3) is 0 Å². The van der Waals surface area contributed by atoms with E-state index in [1.165, 1.54) is 18.2 Å². The summed E-state index contributed by atoms with van der Waals surface area (Å²) in [5.74, 6) is -1.29. The fourth-order valence-corrected chi connectivity index (χ4v) is 2.74. The topological polar surface area (TPSA) is 63.6 Å². The monoisotopic (exact) mass is 279 g/mol. The summed E-state index contributed by atoms with van der Waals surface area (Å²) in [5.41, 5.74) is 0.293. The van der Waals surface area contributed by atoms with Crippen molar-refractivity contribution in [2.45, 2.75) is 0 Å². The summed E-state index contributed by atoms with van der Waals surface area (Å²) >= 11 is 12.0. The normalized spacial score (nSPS) is 13.4. The Morgan fingerprint density at radius 1 is 0.944 bits per heavy atom. The third kappa shape index (κ3) is 1.22. The Hall–Kier alpha value is -1.78. The van der Waals surface area contributed by atoms with Gasteiger partial charge in [0.05, 0.1) is 10.0 Å². The maximum atomic E-state index is 11.8. The van der Waals surface area contributed by atoms with Crippen molar-refractivity contribution in [3.05, 3.63) is 44.3 Å². The highest BCUT2D eigenvalue weighted by Gasteiger charge is 2.33. The SMILES string of the molecule is O=Nc1cc2c3c(ccc(Cl)c3c1Cl)C(=O)C2=O. The van der Waals surface area contributed by atoms with E-state index in [4.69, 9.17) is 23.2 Å². The predicted molar refractivity (Wildman–Crippen MR) is 68.1 cm³/mol. The number of nitrogens with zero attached hydrogens (tertiary/aromatic N) is 1. The fourth-order valence-electron chi connectivity index (χ4n) is 2.15. The van der Waals surface area contributed by atoms with Crippen LogP contribution in [0, 0.1) is 4.91 Å². The highest BCUT2D eigenvalue weighted by molar-refractivity contribution is 6.59. The molecule has 3 rings (SSSR count). The van der Waals surface area contributed by atoms with Gasteiger partial charge in [0.15, 0.2) is 0 Å². The Morgan fingerprint density at radius 3 is 2.28 bits per heavy atom. The zero-order valence-corrected chi connectivity index (χ0v) is 10.2. The Kier molecular flexibility index (Phi) is 2.27. The minimum atomic E-state index is -0.668. The van der Waals surface area contributed by atoms with Crippen LogP contribution in [0.15, 0.2) is 23.4 Å². The molecule has 0 saturated heterocycles. The second kappa shape index (κ2) is 3.60. The smallest absolute Gasteiger partial charge is 0.234 e. The molecule has 0 N–H and O–H groups in total. The molecule has 88 valence electrons. The molecule has 0 fully saturated rings. The van der Waals surface area contributed by atoms with Crippen molar-refractivity contribution in [3.63, 3.8) is 0 Å². The van der Waals surface area contributed by atoms with Gasteiger partial charge in [-0.3, -0.25) is 9.59 Å². The Morgan fingerprint density at radius 2 is 1.61 bits per heavy atom. The standard InChI is InChI=1S/C12H3Cl2NO3/c13-6-2-1-4-8-5(12(17)11(4)16)3-7(15-18)10(14)9(6)8/h1-3H. The van der Waals surface area contributed by atoms with Gasteiger partial charge >= 0.3 is 0 Å². The minimum Gasteiger partial charge on any atom is -0.285 e. The summed E-state index contributed by atoms with van der Waals surface area (Å²) in [7, 11) is 0. The molecule has 4 nitrogen and oxygen atoms in total. The van der Waals surface area contributed by atoms with Crippen LogP contribution in [0.25, 0.3) is 10.8 Å². The number of nitroso groups, excluding NO2 is 1. The number of ketones is 2. The van der Waals surface area contributed by atoms with E-state index in [0.29, 0.717) is 10.8 Å². The van der Waals surface area contributed by atoms with Crippen LogP contribution in [-0.4, -0.2) is 11.6 Å². The van der Waals surface area contributed by atoms with Gasteiger partial charge < -0.3 is 0 Å². The second-order valence-corrected chi connectivity index (χ2v) is 4.64. The van der Waals surface area contributed by atoms with Crippen LogP contribution >= 0.6 is 23.2 Å². The summed E-state index contributed by atoms with van der Waals surface area (Å²) < 4.78 is 0. The molecule has 0 bridgehead atoms. The molecule has 18 heavy (non-hydrogen) atoms. The number of halogens is 2. The summed E-state index contributed by atoms with van der Waals surface area (Å²) in [6.07, 6.45) is 0. The number of benzene rings is 2. The lowest BCUT2D eigenvalue weighted by Gasteiger charge is -2.06. The molecule has 0 aromatic heterocycles. The first-order valence-corrected chi connectivity index (χ1v) is 5.69. The zero-order chi connectivity index (χ0) is 13.0. The number of carbonyl (C=O) groups is 2. The molecule has 6 heteroatoms. The third-order valence-electron chi connectivity index (χ3n) is 2.94. The van der Waals surface area contributed by atoms with Crippen LogP contribution in [0.3, 0.4) is 0 Å². The quantitative estimate of drug-likeness (QED) is 0.587. The molecule has 2 aromatic carbocycles. The first-order chi connectivity index (χ1) is 8.56. The fraction of sp³-hybridized carbons (Fsp3) is 0. The van der Waals surface area contributed by atoms with E-state index in [9.17, 15) is 14.5 Å². The lowest BCUT2D eigenvalue weighted by atomic mass is 10.0. The summed E-state index contributed by atoms with van der Waals surface area (Å²) in [6, 6.07) is 4.18. The van der Waals surface area contributed by atoms with Crippen molar-refractivity contribution in [1.29, 1.82) is 0 Å². The third-order valence-corrected chi connectivity index (χ3v) is 3.64. The van der Waals surface area contributed by atoms with Crippen molar-refractivity contribution in [1.82, 2.24) is 0 Å². The van der Waals surface area contributed by atoms with Crippen LogP contribution < -0.4 is 0 Å². The lowest BCUT2D eigenvalue weighted by Crippen LogP contribution is -2.05. The van der Waals surface area contributed by atoms with Crippen molar-refractivity contribution < 1.29 is 9.59 Å². The predicted octanol–water partition coefficient (Wildman–Crippen LogP) is 3.92. The highest BCUT2D eigenvalue weighted by Crippen LogP contribution is 2.43. The number of Topliss-reactive ketones (excluding diaryl/α,β-unsaturated/α-hetero) is 2. The molecule has 0 heterocycles. The van der Waals surface area contributed by atoms with E-state index < -0.39 is 11.6 Å². The van der Waals surface area contributed by atoms with Gasteiger partial charge in [-0.1, -0.05) is 23.2 Å². The minimum absolute atomic E-state index is 0.0538. The maximum Gasteiger partial charge on any atom is 0.234 e. The molecule has 1 aliphatic carbocycles. The Labute approximate surface area is 110 Å². The van der Waals surface area contributed by atoms with Gasteiger partial charge in [-0.05, 0) is 23.4 Å². The molecule has 1 aliphatic rings. The molecule has 0 aliphatic heterocycles. The molecular formula is C12H3Cl2NO3. The van der Waals surface area contributed by atoms with Crippen molar-refractivity contribution in [3.8, 4) is 0 Å². The van der Waals surface area contributed by atoms with Gasteiger partial charge in [0.2, 0.25) is 11.6 Å². The highest BCUT2D eigenvalue weighted by atomic mass is 35.5. The molecular weight excluding hydrogens is 277 g/mol. The number of rotatable bonds is 1.